The maximum absolute atomic E-state index is 12.3. The number of hydrogen-bond donors (Lipinski definition) is 3. The van der Waals surface area contributed by atoms with Crippen LogP contribution < -0.4 is 9.86 Å². The third-order valence-corrected chi connectivity index (χ3v) is 6.55. The van der Waals surface area contributed by atoms with Gasteiger partial charge in [-0.25, -0.2) is 30.4 Å². The Hall–Kier alpha value is -2.15. The molecule has 0 aromatic heterocycles. The van der Waals surface area contributed by atoms with Gasteiger partial charge >= 0.3 is 0 Å². The molecule has 9 nitrogen and oxygen atoms in total. The van der Waals surface area contributed by atoms with Crippen LogP contribution in [0.5, 0.6) is 5.75 Å². The van der Waals surface area contributed by atoms with E-state index < -0.39 is 40.5 Å². The molecule has 0 amide bonds. The Kier molecular flexibility index (Phi) is 4.83. The first kappa shape index (κ1) is 19.2. The van der Waals surface area contributed by atoms with E-state index in [-0.39, 0.29) is 15.5 Å². The van der Waals surface area contributed by atoms with Gasteiger partial charge in [0.2, 0.25) is 10.0 Å². The van der Waals surface area contributed by atoms with Crippen molar-refractivity contribution in [3.63, 3.8) is 0 Å². The average molecular weight is 406 g/mol. The zero-order valence-electron chi connectivity index (χ0n) is 12.7. The van der Waals surface area contributed by atoms with Crippen molar-refractivity contribution >= 4 is 35.6 Å². The predicted octanol–water partition coefficient (Wildman–Crippen LogP) is 0.244. The molecule has 2 aromatic rings. The Morgan fingerprint density at radius 1 is 0.880 bits per heavy atom. The molecule has 0 bridgehead atoms. The molecule has 136 valence electrons. The van der Waals surface area contributed by atoms with Crippen LogP contribution in [-0.4, -0.2) is 36.6 Å². The van der Waals surface area contributed by atoms with Crippen LogP contribution in [0.2, 0.25) is 0 Å². The minimum absolute atomic E-state index is 0.0485. The fourth-order valence-corrected chi connectivity index (χ4v) is 4.22. The molecule has 2 aromatic carbocycles. The molecule has 0 fully saturated rings. The second kappa shape index (κ2) is 6.29. The third-order valence-electron chi connectivity index (χ3n) is 3.08. The fourth-order valence-electron chi connectivity index (χ4n) is 1.89. The first-order valence-corrected chi connectivity index (χ1v) is 11.4. The number of sulfonamides is 2. The van der Waals surface area contributed by atoms with E-state index in [0.29, 0.717) is 0 Å². The van der Waals surface area contributed by atoms with Crippen molar-refractivity contribution in [2.24, 2.45) is 5.14 Å². The number of aromatic hydroxyl groups is 1. The summed E-state index contributed by atoms with van der Waals surface area (Å²) in [6.45, 7) is 0. The van der Waals surface area contributed by atoms with Gasteiger partial charge in [0.25, 0.3) is 10.0 Å². The summed E-state index contributed by atoms with van der Waals surface area (Å²) >= 11 is 0. The molecule has 0 radical (unpaired) electrons. The van der Waals surface area contributed by atoms with Crippen LogP contribution in [0.1, 0.15) is 0 Å². The SMILES string of the molecule is CS(=O)(=O)c1ccc(S(=O)(=O)Nc2ccc(O)c(S(N)(=O)=O)c2)cc1. The van der Waals surface area contributed by atoms with Crippen molar-refractivity contribution < 1.29 is 30.4 Å². The van der Waals surface area contributed by atoms with Crippen LogP contribution in [0.15, 0.2) is 57.2 Å². The normalized spacial score (nSPS) is 12.7. The standard InChI is InChI=1S/C13H14N2O7S3/c1-23(17,18)10-3-5-11(6-4-10)25(21,22)15-9-2-7-12(16)13(8-9)24(14,19)20/h2-8,15-16H,1H3,(H2,14,19,20). The first-order valence-electron chi connectivity index (χ1n) is 6.49. The molecule has 0 unspecified atom stereocenters. The number of phenolic OH excluding ortho intramolecular Hbond substituents is 1. The highest BCUT2D eigenvalue weighted by Gasteiger charge is 2.19. The van der Waals surface area contributed by atoms with Gasteiger partial charge < -0.3 is 5.11 Å². The largest absolute Gasteiger partial charge is 0.507 e. The van der Waals surface area contributed by atoms with E-state index in [4.69, 9.17) is 5.14 Å². The van der Waals surface area contributed by atoms with Crippen molar-refractivity contribution in [2.75, 3.05) is 11.0 Å². The molecule has 4 N–H and O–H groups in total. The van der Waals surface area contributed by atoms with Crippen molar-refractivity contribution in [2.45, 2.75) is 14.7 Å². The second-order valence-electron chi connectivity index (χ2n) is 5.08. The van der Waals surface area contributed by atoms with Crippen LogP contribution in [-0.2, 0) is 29.9 Å². The van der Waals surface area contributed by atoms with E-state index in [1.807, 2.05) is 0 Å². The molecule has 25 heavy (non-hydrogen) atoms. The molecular weight excluding hydrogens is 392 g/mol. The molecule has 0 atom stereocenters. The minimum Gasteiger partial charge on any atom is -0.507 e. The van der Waals surface area contributed by atoms with E-state index in [2.05, 4.69) is 4.72 Å². The smallest absolute Gasteiger partial charge is 0.261 e. The highest BCUT2D eigenvalue weighted by atomic mass is 32.2. The maximum atomic E-state index is 12.3. The summed E-state index contributed by atoms with van der Waals surface area (Å²) in [7, 11) is -11.8. The molecular formula is C13H14N2O7S3. The highest BCUT2D eigenvalue weighted by molar-refractivity contribution is 7.92. The van der Waals surface area contributed by atoms with E-state index in [0.717, 1.165) is 48.7 Å². The number of hydrogen-bond acceptors (Lipinski definition) is 7. The summed E-state index contributed by atoms with van der Waals surface area (Å²) < 4.78 is 72.2. The average Bonchev–Trinajstić information content (AvgIpc) is 2.47. The zero-order valence-corrected chi connectivity index (χ0v) is 15.2. The number of anilines is 1. The van der Waals surface area contributed by atoms with Crippen LogP contribution in [0.4, 0.5) is 5.69 Å². The van der Waals surface area contributed by atoms with Crippen molar-refractivity contribution in [1.29, 1.82) is 0 Å². The van der Waals surface area contributed by atoms with Gasteiger partial charge in [-0.3, -0.25) is 4.72 Å². The lowest BCUT2D eigenvalue weighted by molar-refractivity contribution is 0.459. The van der Waals surface area contributed by atoms with Gasteiger partial charge in [0, 0.05) is 6.26 Å². The molecule has 2 rings (SSSR count). The Morgan fingerprint density at radius 3 is 1.88 bits per heavy atom. The second-order valence-corrected chi connectivity index (χ2v) is 10.3. The molecule has 0 spiro atoms. The summed E-state index contributed by atoms with van der Waals surface area (Å²) in [5.74, 6) is -0.622. The van der Waals surface area contributed by atoms with Gasteiger partial charge in [-0.2, -0.15) is 0 Å². The molecule has 0 aliphatic carbocycles. The van der Waals surface area contributed by atoms with Gasteiger partial charge in [0.15, 0.2) is 9.84 Å². The van der Waals surface area contributed by atoms with Crippen molar-refractivity contribution in [3.05, 3.63) is 42.5 Å². The van der Waals surface area contributed by atoms with Gasteiger partial charge in [-0.15, -0.1) is 0 Å². The molecule has 0 saturated heterocycles. The Balaban J connectivity index is 2.40. The maximum Gasteiger partial charge on any atom is 0.261 e. The van der Waals surface area contributed by atoms with E-state index >= 15 is 0 Å². The Labute approximate surface area is 145 Å². The van der Waals surface area contributed by atoms with Gasteiger partial charge in [-0.1, -0.05) is 0 Å². The zero-order chi connectivity index (χ0) is 19.0. The lowest BCUT2D eigenvalue weighted by atomic mass is 10.3. The number of primary sulfonamides is 1. The van der Waals surface area contributed by atoms with Crippen LogP contribution in [0.25, 0.3) is 0 Å². The minimum atomic E-state index is -4.25. The van der Waals surface area contributed by atoms with E-state index in [1.54, 1.807) is 0 Å². The first-order chi connectivity index (χ1) is 11.3. The summed E-state index contributed by atoms with van der Waals surface area (Å²) in [6.07, 6.45) is 0.986. The van der Waals surface area contributed by atoms with Crippen molar-refractivity contribution in [3.8, 4) is 5.75 Å². The molecule has 0 saturated carbocycles. The topological polar surface area (TPSA) is 161 Å². The monoisotopic (exact) mass is 406 g/mol. The summed E-state index contributed by atoms with van der Waals surface area (Å²) in [5, 5.41) is 14.4. The van der Waals surface area contributed by atoms with Gasteiger partial charge in [0.05, 0.1) is 15.5 Å². The lowest BCUT2D eigenvalue weighted by Gasteiger charge is -2.10. The number of sulfone groups is 1. The van der Waals surface area contributed by atoms with Crippen LogP contribution >= 0.6 is 0 Å². The fraction of sp³-hybridized carbons (Fsp3) is 0.0769. The summed E-state index contributed by atoms with van der Waals surface area (Å²) in [5.41, 5.74) is -0.144. The third kappa shape index (κ3) is 4.48. The number of rotatable bonds is 5. The van der Waals surface area contributed by atoms with E-state index in [1.165, 1.54) is 0 Å². The molecule has 0 aliphatic rings. The number of phenols is 1. The summed E-state index contributed by atoms with van der Waals surface area (Å²) in [4.78, 5) is -0.919. The lowest BCUT2D eigenvalue weighted by Crippen LogP contribution is -2.15. The molecule has 0 aliphatic heterocycles. The van der Waals surface area contributed by atoms with Gasteiger partial charge in [0.1, 0.15) is 10.6 Å². The van der Waals surface area contributed by atoms with Crippen LogP contribution in [0, 0.1) is 0 Å². The number of benzene rings is 2. The predicted molar refractivity (Wildman–Crippen MR) is 89.8 cm³/mol. The molecule has 0 heterocycles. The quantitative estimate of drug-likeness (QED) is 0.599. The Morgan fingerprint density at radius 2 is 1.40 bits per heavy atom. The highest BCUT2D eigenvalue weighted by Crippen LogP contribution is 2.26. The number of nitrogens with two attached hydrogens (primary N) is 1. The van der Waals surface area contributed by atoms with Crippen LogP contribution in [0.3, 0.4) is 0 Å². The van der Waals surface area contributed by atoms with E-state index in [9.17, 15) is 30.4 Å². The van der Waals surface area contributed by atoms with Gasteiger partial charge in [-0.05, 0) is 42.5 Å². The Bertz CT molecular complexity index is 1120. The summed E-state index contributed by atoms with van der Waals surface area (Å²) in [6, 6.07) is 7.45. The number of nitrogens with one attached hydrogen (secondary N) is 1. The molecule has 12 heteroatoms. The van der Waals surface area contributed by atoms with Crippen molar-refractivity contribution in [1.82, 2.24) is 0 Å².